The lowest BCUT2D eigenvalue weighted by Crippen LogP contribution is -1.97. The van der Waals surface area contributed by atoms with Crippen LogP contribution in [0.2, 0.25) is 0 Å². The number of aromatic nitrogens is 4. The highest BCUT2D eigenvalue weighted by molar-refractivity contribution is 6.11. The van der Waals surface area contributed by atoms with E-state index < -0.39 is 0 Å². The van der Waals surface area contributed by atoms with Gasteiger partial charge in [0.15, 0.2) is 0 Å². The molecule has 6 aromatic rings. The van der Waals surface area contributed by atoms with Gasteiger partial charge in [-0.2, -0.15) is 0 Å². The smallest absolute Gasteiger partial charge is 0.147 e. The second kappa shape index (κ2) is 5.35. The van der Waals surface area contributed by atoms with Crippen LogP contribution < -0.4 is 0 Å². The maximum absolute atomic E-state index is 5.16. The van der Waals surface area contributed by atoms with E-state index in [9.17, 15) is 0 Å². The topological polar surface area (TPSA) is 43.1 Å². The monoisotopic (exact) mass is 396 g/mol. The number of rotatable bonds is 0. The molecule has 0 saturated carbocycles. The minimum absolute atomic E-state index is 0.879. The van der Waals surface area contributed by atoms with Crippen LogP contribution in [0.25, 0.3) is 49.8 Å². The molecule has 0 atom stereocenters. The molecular weight excluding hydrogens is 380 g/mol. The predicted octanol–water partition coefficient (Wildman–Crippen LogP) is 5.57. The lowest BCUT2D eigenvalue weighted by molar-refractivity contribution is 1.12. The second-order valence-electron chi connectivity index (χ2n) is 8.49. The van der Waals surface area contributed by atoms with Gasteiger partial charge >= 0.3 is 0 Å². The summed E-state index contributed by atoms with van der Waals surface area (Å²) in [7, 11) is 0. The van der Waals surface area contributed by atoms with E-state index in [-0.39, 0.29) is 0 Å². The fourth-order valence-corrected chi connectivity index (χ4v) is 5.71. The minimum atomic E-state index is 0.879. The Labute approximate surface area is 177 Å². The quantitative estimate of drug-likeness (QED) is 0.315. The van der Waals surface area contributed by atoms with E-state index in [4.69, 9.17) is 9.97 Å². The first-order valence-electron chi connectivity index (χ1n) is 10.6. The SMILES string of the molecule is c1ccc2c(c1)Cc1c-2ccc2c1Cc1nc3c4ccncc4c4cccnc4n3c1-2. The van der Waals surface area contributed by atoms with Crippen LogP contribution in [0.15, 0.2) is 73.2 Å². The van der Waals surface area contributed by atoms with Crippen molar-refractivity contribution in [1.29, 1.82) is 0 Å². The van der Waals surface area contributed by atoms with Gasteiger partial charge in [-0.3, -0.25) is 9.38 Å². The standard InChI is InChI=1S/C27H16N4/c1-2-5-16-15(4-1)12-21-17(16)7-8-18-22(21)13-24-25(18)31-26-19(6-3-10-29-26)23-14-28-11-9-20(23)27(31)30-24/h1-11,14H,12-13H2. The molecule has 0 aliphatic heterocycles. The Bertz CT molecular complexity index is 1740. The number of nitrogens with zero attached hydrogens (tertiary/aromatic N) is 4. The summed E-state index contributed by atoms with van der Waals surface area (Å²) in [6.45, 7) is 0. The molecule has 0 radical (unpaired) electrons. The van der Waals surface area contributed by atoms with Crippen molar-refractivity contribution in [2.45, 2.75) is 12.8 Å². The van der Waals surface area contributed by atoms with E-state index in [0.717, 1.165) is 46.0 Å². The van der Waals surface area contributed by atoms with Crippen LogP contribution in [0.3, 0.4) is 0 Å². The number of benzene rings is 2. The van der Waals surface area contributed by atoms with Crippen LogP contribution in [-0.4, -0.2) is 19.4 Å². The highest BCUT2D eigenvalue weighted by atomic mass is 15.1. The van der Waals surface area contributed by atoms with Crippen LogP contribution in [0.4, 0.5) is 0 Å². The van der Waals surface area contributed by atoms with E-state index in [2.05, 4.69) is 57.9 Å². The third kappa shape index (κ3) is 1.84. The molecule has 0 unspecified atom stereocenters. The Balaban J connectivity index is 1.49. The molecule has 0 bridgehead atoms. The average molecular weight is 396 g/mol. The third-order valence-electron chi connectivity index (χ3n) is 7.01. The lowest BCUT2D eigenvalue weighted by Gasteiger charge is -2.11. The highest BCUT2D eigenvalue weighted by Crippen LogP contribution is 2.47. The fourth-order valence-electron chi connectivity index (χ4n) is 5.71. The zero-order valence-corrected chi connectivity index (χ0v) is 16.6. The molecule has 0 fully saturated rings. The van der Waals surface area contributed by atoms with Crippen molar-refractivity contribution >= 4 is 27.5 Å². The lowest BCUT2D eigenvalue weighted by atomic mass is 9.97. The summed E-state index contributed by atoms with van der Waals surface area (Å²) in [5, 5.41) is 3.34. The molecule has 4 nitrogen and oxygen atoms in total. The molecule has 2 aliphatic carbocycles. The van der Waals surface area contributed by atoms with Gasteiger partial charge in [0.2, 0.25) is 0 Å². The molecule has 2 aliphatic rings. The van der Waals surface area contributed by atoms with Gasteiger partial charge in [-0.25, -0.2) is 9.97 Å². The van der Waals surface area contributed by atoms with Crippen molar-refractivity contribution in [3.05, 3.63) is 95.6 Å². The summed E-state index contributed by atoms with van der Waals surface area (Å²) in [5.41, 5.74) is 12.7. The molecule has 2 aromatic carbocycles. The summed E-state index contributed by atoms with van der Waals surface area (Å²) < 4.78 is 2.27. The van der Waals surface area contributed by atoms with Gasteiger partial charge in [0.1, 0.15) is 11.3 Å². The van der Waals surface area contributed by atoms with Crippen LogP contribution in [0.1, 0.15) is 22.4 Å². The molecule has 8 rings (SSSR count). The zero-order chi connectivity index (χ0) is 20.1. The molecule has 144 valence electrons. The Morgan fingerprint density at radius 2 is 1.55 bits per heavy atom. The summed E-state index contributed by atoms with van der Waals surface area (Å²) in [6, 6.07) is 19.6. The number of fused-ring (bicyclic) bond motifs is 14. The van der Waals surface area contributed by atoms with Gasteiger partial charge in [-0.15, -0.1) is 0 Å². The van der Waals surface area contributed by atoms with Crippen molar-refractivity contribution in [3.63, 3.8) is 0 Å². The summed E-state index contributed by atoms with van der Waals surface area (Å²) in [5.74, 6) is 0. The first kappa shape index (κ1) is 15.7. The van der Waals surface area contributed by atoms with Gasteiger partial charge in [0, 0.05) is 46.7 Å². The van der Waals surface area contributed by atoms with Crippen LogP contribution >= 0.6 is 0 Å². The third-order valence-corrected chi connectivity index (χ3v) is 7.01. The highest BCUT2D eigenvalue weighted by Gasteiger charge is 2.32. The van der Waals surface area contributed by atoms with Crippen LogP contribution in [0, 0.1) is 0 Å². The van der Waals surface area contributed by atoms with Crippen LogP contribution in [0.5, 0.6) is 0 Å². The van der Waals surface area contributed by atoms with Gasteiger partial charge in [0.05, 0.1) is 11.4 Å². The van der Waals surface area contributed by atoms with Gasteiger partial charge in [-0.05, 0) is 52.4 Å². The molecule has 31 heavy (non-hydrogen) atoms. The fraction of sp³-hybridized carbons (Fsp3) is 0.0741. The predicted molar refractivity (Wildman–Crippen MR) is 122 cm³/mol. The summed E-state index contributed by atoms with van der Waals surface area (Å²) in [4.78, 5) is 14.3. The molecule has 0 spiro atoms. The second-order valence-corrected chi connectivity index (χ2v) is 8.49. The van der Waals surface area contributed by atoms with Gasteiger partial charge in [-0.1, -0.05) is 36.4 Å². The van der Waals surface area contributed by atoms with Crippen molar-refractivity contribution in [2.75, 3.05) is 0 Å². The largest absolute Gasteiger partial charge is 0.275 e. The van der Waals surface area contributed by atoms with E-state index in [1.165, 1.54) is 39.1 Å². The summed E-state index contributed by atoms with van der Waals surface area (Å²) in [6.07, 6.45) is 7.53. The Hall–Kier alpha value is -4.05. The van der Waals surface area contributed by atoms with E-state index in [0.29, 0.717) is 0 Å². The van der Waals surface area contributed by atoms with E-state index >= 15 is 0 Å². The van der Waals surface area contributed by atoms with Crippen molar-refractivity contribution in [1.82, 2.24) is 19.4 Å². The molecule has 4 heteroatoms. The zero-order valence-electron chi connectivity index (χ0n) is 16.6. The molecule has 0 amide bonds. The van der Waals surface area contributed by atoms with E-state index in [1.54, 1.807) is 0 Å². The first-order valence-corrected chi connectivity index (χ1v) is 10.6. The number of imidazole rings is 1. The molecular formula is C27H16N4. The maximum atomic E-state index is 5.16. The van der Waals surface area contributed by atoms with Crippen LogP contribution in [-0.2, 0) is 12.8 Å². The molecule has 4 aromatic heterocycles. The number of hydrogen-bond donors (Lipinski definition) is 0. The molecule has 4 heterocycles. The Morgan fingerprint density at radius 1 is 0.677 bits per heavy atom. The van der Waals surface area contributed by atoms with Crippen molar-refractivity contribution < 1.29 is 0 Å². The van der Waals surface area contributed by atoms with E-state index in [1.807, 2.05) is 24.7 Å². The van der Waals surface area contributed by atoms with Gasteiger partial charge < -0.3 is 0 Å². The van der Waals surface area contributed by atoms with Gasteiger partial charge in [0.25, 0.3) is 0 Å². The minimum Gasteiger partial charge on any atom is -0.275 e. The normalized spacial score (nSPS) is 13.5. The maximum Gasteiger partial charge on any atom is 0.147 e. The van der Waals surface area contributed by atoms with Crippen molar-refractivity contribution in [3.8, 4) is 22.4 Å². The molecule has 0 saturated heterocycles. The summed E-state index contributed by atoms with van der Waals surface area (Å²) >= 11 is 0. The average Bonchev–Trinajstić information content (AvgIpc) is 3.48. The Morgan fingerprint density at radius 3 is 2.55 bits per heavy atom. The Kier molecular flexibility index (Phi) is 2.72. The number of hydrogen-bond acceptors (Lipinski definition) is 3. The van der Waals surface area contributed by atoms with Crippen molar-refractivity contribution in [2.24, 2.45) is 0 Å². The molecule has 0 N–H and O–H groups in total. The number of pyridine rings is 3. The first-order chi connectivity index (χ1) is 15.4.